The number of carbonyl (C=O) groups excluding carboxylic acids is 1. The fourth-order valence-corrected chi connectivity index (χ4v) is 4.62. The van der Waals surface area contributed by atoms with Crippen molar-refractivity contribution in [2.75, 3.05) is 5.43 Å². The first-order chi connectivity index (χ1) is 16.7. The van der Waals surface area contributed by atoms with E-state index in [0.29, 0.717) is 11.6 Å². The first-order valence-corrected chi connectivity index (χ1v) is 12.4. The van der Waals surface area contributed by atoms with Gasteiger partial charge in [0.05, 0.1) is 5.92 Å². The molecule has 3 aromatic carbocycles. The second-order valence-corrected chi connectivity index (χ2v) is 8.90. The maximum absolute atomic E-state index is 13.3. The lowest BCUT2D eigenvalue weighted by atomic mass is 9.90. The molecule has 1 amide bonds. The molecule has 0 aliphatic heterocycles. The monoisotopic (exact) mass is 487 g/mol. The largest absolute Gasteiger partial charge is 0.301 e. The third-order valence-corrected chi connectivity index (χ3v) is 6.40. The lowest BCUT2D eigenvalue weighted by molar-refractivity contribution is -0.120. The van der Waals surface area contributed by atoms with Gasteiger partial charge in [0.15, 0.2) is 10.9 Å². The van der Waals surface area contributed by atoms with Gasteiger partial charge in [0, 0.05) is 12.2 Å². The summed E-state index contributed by atoms with van der Waals surface area (Å²) in [6.45, 7) is 2.00. The predicted molar refractivity (Wildman–Crippen MR) is 140 cm³/mol. The van der Waals surface area contributed by atoms with Crippen molar-refractivity contribution >= 4 is 35.0 Å². The highest BCUT2D eigenvalue weighted by molar-refractivity contribution is 7.98. The SMILES string of the molecule is CCc1nnc(SCc2ccccc2)n1NC(=S)NC(=O)C(c1ccccc1)c1ccccc1. The summed E-state index contributed by atoms with van der Waals surface area (Å²) < 4.78 is 1.75. The molecule has 0 fully saturated rings. The van der Waals surface area contributed by atoms with Crippen molar-refractivity contribution < 1.29 is 4.79 Å². The molecule has 1 heterocycles. The van der Waals surface area contributed by atoms with Crippen LogP contribution in [0.5, 0.6) is 0 Å². The number of amides is 1. The number of aryl methyl sites for hydroxylation is 1. The number of hydrogen-bond acceptors (Lipinski definition) is 5. The minimum atomic E-state index is -0.486. The Morgan fingerprint density at radius 3 is 2.03 bits per heavy atom. The number of benzene rings is 3. The summed E-state index contributed by atoms with van der Waals surface area (Å²) in [5, 5.41) is 12.3. The number of rotatable bonds is 8. The van der Waals surface area contributed by atoms with E-state index in [2.05, 4.69) is 33.1 Å². The van der Waals surface area contributed by atoms with Crippen LogP contribution in [0.1, 0.15) is 35.4 Å². The van der Waals surface area contributed by atoms with Crippen LogP contribution < -0.4 is 10.7 Å². The van der Waals surface area contributed by atoms with E-state index in [0.717, 1.165) is 22.7 Å². The van der Waals surface area contributed by atoms with Crippen LogP contribution in [0.2, 0.25) is 0 Å². The Hall–Kier alpha value is -3.49. The number of nitrogens with one attached hydrogen (secondary N) is 2. The summed E-state index contributed by atoms with van der Waals surface area (Å²) in [7, 11) is 0. The quantitative estimate of drug-likeness (QED) is 0.272. The van der Waals surface area contributed by atoms with Gasteiger partial charge >= 0.3 is 0 Å². The average Bonchev–Trinajstić information content (AvgIpc) is 3.26. The van der Waals surface area contributed by atoms with E-state index in [1.165, 1.54) is 5.56 Å². The van der Waals surface area contributed by atoms with E-state index in [-0.39, 0.29) is 11.0 Å². The van der Waals surface area contributed by atoms with Crippen molar-refractivity contribution in [2.24, 2.45) is 0 Å². The summed E-state index contributed by atoms with van der Waals surface area (Å²) in [6.07, 6.45) is 0.666. The highest BCUT2D eigenvalue weighted by atomic mass is 32.2. The molecule has 6 nitrogen and oxygen atoms in total. The van der Waals surface area contributed by atoms with Gasteiger partial charge < -0.3 is 5.32 Å². The molecule has 34 heavy (non-hydrogen) atoms. The van der Waals surface area contributed by atoms with Gasteiger partial charge in [-0.05, 0) is 28.9 Å². The van der Waals surface area contributed by atoms with Crippen molar-refractivity contribution in [3.63, 3.8) is 0 Å². The first kappa shape index (κ1) is 23.7. The van der Waals surface area contributed by atoms with E-state index >= 15 is 0 Å². The normalized spacial score (nSPS) is 10.8. The average molecular weight is 488 g/mol. The first-order valence-electron chi connectivity index (χ1n) is 11.0. The molecule has 4 rings (SSSR count). The Morgan fingerprint density at radius 1 is 0.912 bits per heavy atom. The number of thiocarbonyl (C=S) groups is 1. The van der Waals surface area contributed by atoms with Gasteiger partial charge in [-0.15, -0.1) is 10.2 Å². The third-order valence-electron chi connectivity index (χ3n) is 5.21. The smallest absolute Gasteiger partial charge is 0.238 e. The number of hydrogen-bond donors (Lipinski definition) is 2. The summed E-state index contributed by atoms with van der Waals surface area (Å²) in [5.41, 5.74) is 6.08. The Bertz CT molecular complexity index is 1190. The van der Waals surface area contributed by atoms with E-state index in [4.69, 9.17) is 12.2 Å². The standard InChI is InChI=1S/C26H25N5OS2/c1-2-22-28-29-26(34-18-19-12-6-3-7-13-19)31(22)30-25(33)27-24(32)23(20-14-8-4-9-15-20)21-16-10-5-11-17-21/h3-17,23H,2,18H2,1H3,(H2,27,30,32,33). The minimum Gasteiger partial charge on any atom is -0.301 e. The lowest BCUT2D eigenvalue weighted by Crippen LogP contribution is -2.41. The van der Waals surface area contributed by atoms with Crippen LogP contribution in [0.4, 0.5) is 0 Å². The van der Waals surface area contributed by atoms with Crippen LogP contribution in [0.3, 0.4) is 0 Å². The zero-order valence-corrected chi connectivity index (χ0v) is 20.4. The van der Waals surface area contributed by atoms with E-state index in [1.54, 1.807) is 16.4 Å². The van der Waals surface area contributed by atoms with Crippen molar-refractivity contribution in [1.29, 1.82) is 0 Å². The number of aromatic nitrogens is 3. The van der Waals surface area contributed by atoms with E-state index in [1.807, 2.05) is 85.8 Å². The Balaban J connectivity index is 1.49. The van der Waals surface area contributed by atoms with E-state index < -0.39 is 5.92 Å². The maximum atomic E-state index is 13.3. The Kier molecular flexibility index (Phi) is 8.06. The minimum absolute atomic E-state index is 0.193. The molecule has 0 spiro atoms. The number of carbonyl (C=O) groups is 1. The zero-order valence-electron chi connectivity index (χ0n) is 18.7. The topological polar surface area (TPSA) is 71.8 Å². The van der Waals surface area contributed by atoms with Gasteiger partial charge in [0.25, 0.3) is 0 Å². The Labute approximate surface area is 208 Å². The molecule has 1 aromatic heterocycles. The molecule has 0 unspecified atom stereocenters. The molecule has 2 N–H and O–H groups in total. The molecule has 0 saturated carbocycles. The number of thioether (sulfide) groups is 1. The highest BCUT2D eigenvalue weighted by Gasteiger charge is 2.24. The van der Waals surface area contributed by atoms with Gasteiger partial charge in [-0.2, -0.15) is 0 Å². The van der Waals surface area contributed by atoms with Crippen molar-refractivity contribution in [2.45, 2.75) is 30.2 Å². The third kappa shape index (κ3) is 5.89. The zero-order chi connectivity index (χ0) is 23.8. The fourth-order valence-electron chi connectivity index (χ4n) is 3.56. The van der Waals surface area contributed by atoms with Gasteiger partial charge in [0.1, 0.15) is 0 Å². The molecule has 0 saturated heterocycles. The van der Waals surface area contributed by atoms with Crippen LogP contribution >= 0.6 is 24.0 Å². The van der Waals surface area contributed by atoms with Gasteiger partial charge in [-0.25, -0.2) is 4.68 Å². The number of nitrogens with zero attached hydrogens (tertiary/aromatic N) is 3. The molecular formula is C26H25N5OS2. The van der Waals surface area contributed by atoms with Crippen molar-refractivity contribution in [3.8, 4) is 0 Å². The second kappa shape index (κ2) is 11.6. The van der Waals surface area contributed by atoms with Crippen LogP contribution in [0.25, 0.3) is 0 Å². The molecule has 0 bridgehead atoms. The molecular weight excluding hydrogens is 462 g/mol. The van der Waals surface area contributed by atoms with Crippen molar-refractivity contribution in [3.05, 3.63) is 114 Å². The molecule has 0 aliphatic rings. The predicted octanol–water partition coefficient (Wildman–Crippen LogP) is 4.91. The van der Waals surface area contributed by atoms with Gasteiger partial charge in [-0.3, -0.25) is 10.2 Å². The highest BCUT2D eigenvalue weighted by Crippen LogP contribution is 2.25. The fraction of sp³-hybridized carbons (Fsp3) is 0.154. The van der Waals surface area contributed by atoms with Crippen LogP contribution in [0, 0.1) is 0 Å². The van der Waals surface area contributed by atoms with Gasteiger partial charge in [-0.1, -0.05) is 110 Å². The summed E-state index contributed by atoms with van der Waals surface area (Å²) in [6, 6.07) is 29.5. The maximum Gasteiger partial charge on any atom is 0.238 e. The van der Waals surface area contributed by atoms with E-state index in [9.17, 15) is 4.79 Å². The summed E-state index contributed by atoms with van der Waals surface area (Å²) in [4.78, 5) is 13.3. The Morgan fingerprint density at radius 2 is 1.47 bits per heavy atom. The summed E-state index contributed by atoms with van der Waals surface area (Å²) in [5.74, 6) is 0.781. The molecule has 172 valence electrons. The molecule has 0 radical (unpaired) electrons. The van der Waals surface area contributed by atoms with Crippen LogP contribution in [-0.2, 0) is 17.0 Å². The molecule has 4 aromatic rings. The lowest BCUT2D eigenvalue weighted by Gasteiger charge is -2.19. The summed E-state index contributed by atoms with van der Waals surface area (Å²) >= 11 is 7.07. The van der Waals surface area contributed by atoms with Gasteiger partial charge in [0.2, 0.25) is 11.1 Å². The molecule has 8 heteroatoms. The second-order valence-electron chi connectivity index (χ2n) is 7.55. The molecule has 0 aliphatic carbocycles. The van der Waals surface area contributed by atoms with Crippen molar-refractivity contribution in [1.82, 2.24) is 20.2 Å². The van der Waals surface area contributed by atoms with Crippen LogP contribution in [-0.4, -0.2) is 25.9 Å². The van der Waals surface area contributed by atoms with Crippen LogP contribution in [0.15, 0.2) is 96.2 Å². The molecule has 0 atom stereocenters.